The van der Waals surface area contributed by atoms with E-state index >= 15 is 0 Å². The summed E-state index contributed by atoms with van der Waals surface area (Å²) in [4.78, 5) is 14.8. The van der Waals surface area contributed by atoms with E-state index in [-0.39, 0.29) is 5.91 Å². The average Bonchev–Trinajstić information content (AvgIpc) is 2.77. The molecule has 1 aromatic heterocycles. The molecule has 3 rings (SSSR count). The van der Waals surface area contributed by atoms with Crippen molar-refractivity contribution in [2.75, 3.05) is 5.32 Å². The van der Waals surface area contributed by atoms with E-state index in [1.54, 1.807) is 0 Å². The van der Waals surface area contributed by atoms with Crippen LogP contribution in [0.4, 0.5) is 5.69 Å². The molecular formula is C15H14N2O. The number of carbonyl (C=O) groups is 1. The summed E-state index contributed by atoms with van der Waals surface area (Å²) in [5.41, 5.74) is 3.05. The van der Waals surface area contributed by atoms with Gasteiger partial charge in [-0.05, 0) is 24.3 Å². The molecule has 0 aliphatic rings. The number of hydrogen-bond acceptors (Lipinski definition) is 1. The standard InChI is InChI=1S/C15H14N2O/c1-2-15(18)16-10-7-8-14-12(9-10)11-5-3-4-6-13(11)17-14/h3-9,17H,2H2,1H3,(H,16,18). The first-order valence-corrected chi connectivity index (χ1v) is 6.08. The molecule has 0 atom stereocenters. The van der Waals surface area contributed by atoms with Crippen molar-refractivity contribution in [3.63, 3.8) is 0 Å². The van der Waals surface area contributed by atoms with Crippen LogP contribution in [0.2, 0.25) is 0 Å². The molecule has 0 aliphatic carbocycles. The van der Waals surface area contributed by atoms with Crippen molar-refractivity contribution in [3.05, 3.63) is 42.5 Å². The molecule has 0 spiro atoms. The number of H-pyrrole nitrogens is 1. The Morgan fingerprint density at radius 2 is 1.89 bits per heavy atom. The fraction of sp³-hybridized carbons (Fsp3) is 0.133. The minimum atomic E-state index is 0.0363. The third-order valence-corrected chi connectivity index (χ3v) is 3.11. The van der Waals surface area contributed by atoms with Crippen LogP contribution in [0.15, 0.2) is 42.5 Å². The van der Waals surface area contributed by atoms with Crippen LogP contribution in [0.1, 0.15) is 13.3 Å². The van der Waals surface area contributed by atoms with Crippen molar-refractivity contribution in [2.24, 2.45) is 0 Å². The lowest BCUT2D eigenvalue weighted by molar-refractivity contribution is -0.115. The number of benzene rings is 2. The Kier molecular flexibility index (Phi) is 2.52. The van der Waals surface area contributed by atoms with Crippen LogP contribution in [0.5, 0.6) is 0 Å². The monoisotopic (exact) mass is 238 g/mol. The van der Waals surface area contributed by atoms with Crippen LogP contribution in [0.3, 0.4) is 0 Å². The minimum absolute atomic E-state index is 0.0363. The molecule has 0 fully saturated rings. The maximum absolute atomic E-state index is 11.4. The van der Waals surface area contributed by atoms with Crippen molar-refractivity contribution >= 4 is 33.4 Å². The Balaban J connectivity index is 2.15. The molecular weight excluding hydrogens is 224 g/mol. The van der Waals surface area contributed by atoms with Crippen LogP contribution in [0.25, 0.3) is 21.8 Å². The van der Waals surface area contributed by atoms with Gasteiger partial charge in [0.15, 0.2) is 0 Å². The average molecular weight is 238 g/mol. The highest BCUT2D eigenvalue weighted by Gasteiger charge is 2.05. The minimum Gasteiger partial charge on any atom is -0.355 e. The van der Waals surface area contributed by atoms with Gasteiger partial charge in [-0.1, -0.05) is 25.1 Å². The molecule has 0 saturated carbocycles. The highest BCUT2D eigenvalue weighted by molar-refractivity contribution is 6.08. The largest absolute Gasteiger partial charge is 0.355 e. The summed E-state index contributed by atoms with van der Waals surface area (Å²) in [6.07, 6.45) is 0.492. The SMILES string of the molecule is CCC(=O)Nc1ccc2[nH]c3ccccc3c2c1. The summed E-state index contributed by atoms with van der Waals surface area (Å²) < 4.78 is 0. The van der Waals surface area contributed by atoms with E-state index in [0.29, 0.717) is 6.42 Å². The lowest BCUT2D eigenvalue weighted by atomic mass is 10.1. The number of amides is 1. The van der Waals surface area contributed by atoms with E-state index in [2.05, 4.69) is 22.4 Å². The second-order valence-corrected chi connectivity index (χ2v) is 4.33. The molecule has 90 valence electrons. The number of aromatic amines is 1. The van der Waals surface area contributed by atoms with E-state index in [4.69, 9.17) is 0 Å². The van der Waals surface area contributed by atoms with E-state index < -0.39 is 0 Å². The Morgan fingerprint density at radius 3 is 2.72 bits per heavy atom. The maximum atomic E-state index is 11.4. The second kappa shape index (κ2) is 4.18. The molecule has 0 unspecified atom stereocenters. The molecule has 1 heterocycles. The van der Waals surface area contributed by atoms with E-state index in [1.165, 1.54) is 5.39 Å². The Labute approximate surface area is 105 Å². The lowest BCUT2D eigenvalue weighted by Crippen LogP contribution is -2.08. The summed E-state index contributed by atoms with van der Waals surface area (Å²) >= 11 is 0. The van der Waals surface area contributed by atoms with Gasteiger partial charge in [-0.25, -0.2) is 0 Å². The van der Waals surface area contributed by atoms with Gasteiger partial charge in [0, 0.05) is 33.9 Å². The summed E-state index contributed by atoms with van der Waals surface area (Å²) in [7, 11) is 0. The number of anilines is 1. The number of carbonyl (C=O) groups excluding carboxylic acids is 1. The van der Waals surface area contributed by atoms with E-state index in [9.17, 15) is 4.79 Å². The number of para-hydroxylation sites is 1. The summed E-state index contributed by atoms with van der Waals surface area (Å²) in [5, 5.41) is 5.20. The highest BCUT2D eigenvalue weighted by Crippen LogP contribution is 2.27. The fourth-order valence-corrected chi connectivity index (χ4v) is 2.18. The zero-order chi connectivity index (χ0) is 12.5. The first-order valence-electron chi connectivity index (χ1n) is 6.08. The summed E-state index contributed by atoms with van der Waals surface area (Å²) in [5.74, 6) is 0.0363. The molecule has 3 heteroatoms. The molecule has 18 heavy (non-hydrogen) atoms. The van der Waals surface area contributed by atoms with Gasteiger partial charge in [0.1, 0.15) is 0 Å². The van der Waals surface area contributed by atoms with Crippen molar-refractivity contribution in [1.29, 1.82) is 0 Å². The quantitative estimate of drug-likeness (QED) is 0.703. The van der Waals surface area contributed by atoms with Crippen LogP contribution in [0, 0.1) is 0 Å². The molecule has 3 nitrogen and oxygen atoms in total. The molecule has 3 aromatic rings. The number of hydrogen-bond donors (Lipinski definition) is 2. The zero-order valence-corrected chi connectivity index (χ0v) is 10.2. The van der Waals surface area contributed by atoms with Crippen molar-refractivity contribution in [1.82, 2.24) is 4.98 Å². The van der Waals surface area contributed by atoms with Gasteiger partial charge in [-0.3, -0.25) is 4.79 Å². The van der Waals surface area contributed by atoms with Gasteiger partial charge >= 0.3 is 0 Å². The number of aromatic nitrogens is 1. The Bertz CT molecular complexity index is 728. The predicted molar refractivity (Wildman–Crippen MR) is 74.7 cm³/mol. The lowest BCUT2D eigenvalue weighted by Gasteiger charge is -2.03. The third kappa shape index (κ3) is 1.74. The maximum Gasteiger partial charge on any atom is 0.224 e. The first-order chi connectivity index (χ1) is 8.78. The fourth-order valence-electron chi connectivity index (χ4n) is 2.18. The van der Waals surface area contributed by atoms with Crippen LogP contribution >= 0.6 is 0 Å². The van der Waals surface area contributed by atoms with Gasteiger partial charge in [0.25, 0.3) is 0 Å². The van der Waals surface area contributed by atoms with Gasteiger partial charge < -0.3 is 10.3 Å². The molecule has 0 radical (unpaired) electrons. The molecule has 2 aromatic carbocycles. The highest BCUT2D eigenvalue weighted by atomic mass is 16.1. The van der Waals surface area contributed by atoms with E-state index in [1.807, 2.05) is 37.3 Å². The molecule has 1 amide bonds. The number of rotatable bonds is 2. The number of nitrogens with one attached hydrogen (secondary N) is 2. The summed E-state index contributed by atoms with van der Waals surface area (Å²) in [6, 6.07) is 14.1. The Hall–Kier alpha value is -2.29. The Morgan fingerprint density at radius 1 is 1.11 bits per heavy atom. The predicted octanol–water partition coefficient (Wildman–Crippen LogP) is 3.67. The van der Waals surface area contributed by atoms with Crippen molar-refractivity contribution < 1.29 is 4.79 Å². The van der Waals surface area contributed by atoms with Crippen molar-refractivity contribution in [3.8, 4) is 0 Å². The molecule has 2 N–H and O–H groups in total. The molecule has 0 saturated heterocycles. The summed E-state index contributed by atoms with van der Waals surface area (Å²) in [6.45, 7) is 1.85. The van der Waals surface area contributed by atoms with Crippen LogP contribution in [-0.2, 0) is 4.79 Å². The number of fused-ring (bicyclic) bond motifs is 3. The van der Waals surface area contributed by atoms with Gasteiger partial charge in [-0.15, -0.1) is 0 Å². The van der Waals surface area contributed by atoms with Gasteiger partial charge in [0.05, 0.1) is 0 Å². The molecule has 0 bridgehead atoms. The first kappa shape index (κ1) is 10.8. The van der Waals surface area contributed by atoms with Gasteiger partial charge in [-0.2, -0.15) is 0 Å². The smallest absolute Gasteiger partial charge is 0.224 e. The van der Waals surface area contributed by atoms with Crippen molar-refractivity contribution in [2.45, 2.75) is 13.3 Å². The third-order valence-electron chi connectivity index (χ3n) is 3.11. The van der Waals surface area contributed by atoms with E-state index in [0.717, 1.165) is 22.1 Å². The van der Waals surface area contributed by atoms with Gasteiger partial charge in [0.2, 0.25) is 5.91 Å². The second-order valence-electron chi connectivity index (χ2n) is 4.33. The normalized spacial score (nSPS) is 10.9. The molecule has 0 aliphatic heterocycles. The topological polar surface area (TPSA) is 44.9 Å². The van der Waals surface area contributed by atoms with Crippen LogP contribution in [-0.4, -0.2) is 10.9 Å². The van der Waals surface area contributed by atoms with Crippen LogP contribution < -0.4 is 5.32 Å². The zero-order valence-electron chi connectivity index (χ0n) is 10.2.